The summed E-state index contributed by atoms with van der Waals surface area (Å²) in [5, 5.41) is 0. The van der Waals surface area contributed by atoms with Crippen LogP contribution in [0.25, 0.3) is 0 Å². The molecular weight excluding hydrogens is 800 g/mol. The minimum absolute atomic E-state index is 1.48. The molecule has 222 valence electrons. The first kappa shape index (κ1) is 78.8. The Morgan fingerprint density at radius 3 is 0.203 bits per heavy atom. The third-order valence-electron chi connectivity index (χ3n) is 15.6. The quantitative estimate of drug-likeness (QED) is 0.0560. The Kier molecular flexibility index (Phi) is 38.4. The molecule has 0 aliphatic rings. The molecular formula is B74. The second kappa shape index (κ2) is 36.1. The first-order valence-corrected chi connectivity index (χ1v) is 24.3. The standard InChI is InChI=1S/B74/c1-39(2)58(40(3)4)67(57(37)38)72(68(59(41(5)6)42(7)8)60(43(9)10)44(11)12)74(71(65(53(29)30)54(31)32)66(55(33)34)56(35)36)73(69(61(45(13)14)46(15)16)62(47(17)18)48(19)20)70(63(49(21)22)50(23)24)64(51(25)26)52(27)28. The largest absolute Gasteiger partial charge is 0 e. The monoisotopic (exact) mass is 815 g/mol. The van der Waals surface area contributed by atoms with Gasteiger partial charge in [-0.1, -0.05) is 0 Å². The molecule has 0 aromatic carbocycles. The van der Waals surface area contributed by atoms with Gasteiger partial charge in [-0.15, -0.1) is 0 Å². The van der Waals surface area contributed by atoms with Crippen molar-refractivity contribution in [3.05, 3.63) is 0 Å². The van der Waals surface area contributed by atoms with Crippen molar-refractivity contribution in [1.29, 1.82) is 0 Å². The van der Waals surface area contributed by atoms with Crippen molar-refractivity contribution >= 4 is 524 Å². The summed E-state index contributed by atoms with van der Waals surface area (Å²) >= 11 is 0. The van der Waals surface area contributed by atoms with E-state index in [9.17, 15) is 0 Å². The summed E-state index contributed by atoms with van der Waals surface area (Å²) < 4.78 is 0. The number of rotatable bonds is 35. The van der Waals surface area contributed by atoms with Crippen LogP contribution in [0.2, 0.25) is 0 Å². The van der Waals surface area contributed by atoms with Crippen molar-refractivity contribution in [2.75, 3.05) is 0 Å². The van der Waals surface area contributed by atoms with Crippen molar-refractivity contribution in [1.82, 2.24) is 0 Å². The minimum atomic E-state index is -1.81. The van der Waals surface area contributed by atoms with E-state index in [1.54, 1.807) is 0 Å². The highest BCUT2D eigenvalue weighted by Crippen LogP contribution is 2.27. The van der Waals surface area contributed by atoms with Gasteiger partial charge in [0.15, 0.2) is 0 Å². The molecule has 0 aromatic rings. The Labute approximate surface area is 519 Å². The van der Waals surface area contributed by atoms with Gasteiger partial charge >= 0.3 is 0 Å². The van der Waals surface area contributed by atoms with Crippen molar-refractivity contribution < 1.29 is 0 Å². The van der Waals surface area contributed by atoms with Gasteiger partial charge in [0.2, 0.25) is 0 Å². The maximum Gasteiger partial charge on any atom is 0 e. The molecule has 0 aliphatic carbocycles. The van der Waals surface area contributed by atoms with Crippen molar-refractivity contribution in [3.63, 3.8) is 0 Å². The predicted octanol–water partition coefficient (Wildman–Crippen LogP) is -28.2. The third-order valence-corrected chi connectivity index (χ3v) is 15.6. The molecule has 0 atom stereocenters. The van der Waals surface area contributed by atoms with Crippen molar-refractivity contribution in [2.24, 2.45) is 0 Å². The van der Waals surface area contributed by atoms with Gasteiger partial charge in [-0.2, -0.15) is 0 Å². The summed E-state index contributed by atoms with van der Waals surface area (Å²) in [7, 11) is 258. The van der Waals surface area contributed by atoms with Crippen molar-refractivity contribution in [3.8, 4) is 0 Å². The van der Waals surface area contributed by atoms with Crippen LogP contribution in [0.4, 0.5) is 0 Å². The molecule has 0 saturated carbocycles. The Bertz CT molecular complexity index is 1230. The van der Waals surface area contributed by atoms with Gasteiger partial charge in [0.25, 0.3) is 0 Å². The van der Waals surface area contributed by atoms with E-state index in [0.717, 1.165) is 0 Å². The second-order valence-corrected chi connectivity index (χ2v) is 20.8. The number of hydrogen-bond donors (Lipinski definition) is 0. The molecule has 0 amide bonds. The molecule has 74 heteroatoms. The average molecular weight is 800 g/mol. The summed E-state index contributed by atoms with van der Waals surface area (Å²) in [6.07, 6.45) is -57.9. The van der Waals surface area contributed by atoms with Crippen LogP contribution < -0.4 is 0 Å². The predicted molar refractivity (Wildman–Crippen MR) is 426 cm³/mol. The van der Waals surface area contributed by atoms with Crippen molar-refractivity contribution in [2.45, 2.75) is 0 Å². The summed E-state index contributed by atoms with van der Waals surface area (Å²) in [5.74, 6) is 0. The average Bonchev–Trinajstić information content (AvgIpc) is 3.16. The Balaban J connectivity index is 12.1. The fourth-order valence-corrected chi connectivity index (χ4v) is 13.1. The van der Waals surface area contributed by atoms with Crippen LogP contribution >= 0.6 is 0 Å². The van der Waals surface area contributed by atoms with Gasteiger partial charge in [0.1, 0.15) is 0 Å². The van der Waals surface area contributed by atoms with Gasteiger partial charge in [-0.3, -0.25) is 0 Å². The molecule has 0 N–H and O–H groups in total. The molecule has 0 aromatic heterocycles. The van der Waals surface area contributed by atoms with E-state index in [-0.39, 0.29) is 0 Å². The maximum absolute atomic E-state index is 7.05. The van der Waals surface area contributed by atoms with E-state index in [1.807, 2.05) is 0 Å². The lowest BCUT2D eigenvalue weighted by Gasteiger charge is -2.61. The maximum atomic E-state index is 7.05. The van der Waals surface area contributed by atoms with Gasteiger partial charge in [-0.05, 0) is 0 Å². The lowest BCUT2D eigenvalue weighted by atomic mass is 8.21. The van der Waals surface area contributed by atoms with E-state index in [0.29, 0.717) is 0 Å². The topological polar surface area (TPSA) is 0 Å². The van der Waals surface area contributed by atoms with Gasteiger partial charge in [0, 0.05) is 524 Å². The van der Waals surface area contributed by atoms with Crippen LogP contribution in [-0.2, 0) is 0 Å². The molecule has 0 nitrogen and oxygen atoms in total. The van der Waals surface area contributed by atoms with E-state index >= 15 is 0 Å². The summed E-state index contributed by atoms with van der Waals surface area (Å²) in [5.41, 5.74) is 0. The molecule has 76 radical (unpaired) electrons. The molecule has 0 bridgehead atoms. The fraction of sp³-hybridized carbons (Fsp3) is 0. The molecule has 0 rings (SSSR count). The fourth-order valence-electron chi connectivity index (χ4n) is 13.1. The lowest BCUT2D eigenvalue weighted by molar-refractivity contribution is 3.15. The Hall–Kier alpha value is 4.81. The van der Waals surface area contributed by atoms with Crippen LogP contribution in [0.15, 0.2) is 0 Å². The Morgan fingerprint density at radius 1 is 0.0676 bits per heavy atom. The second-order valence-electron chi connectivity index (χ2n) is 20.8. The molecule has 0 heterocycles. The molecule has 0 unspecified atom stereocenters. The lowest BCUT2D eigenvalue weighted by Crippen LogP contribution is -2.99. The zero-order chi connectivity index (χ0) is 58.8. The van der Waals surface area contributed by atoms with Crippen LogP contribution in [0.1, 0.15) is 0 Å². The molecule has 0 aliphatic heterocycles. The zero-order valence-corrected chi connectivity index (χ0v) is 42.7. The smallest absolute Gasteiger partial charge is 0 e. The normalized spacial score (nSPS) is 9.78. The number of hydrogen-bond acceptors (Lipinski definition) is 0. The summed E-state index contributed by atoms with van der Waals surface area (Å²) in [6.45, 7) is 0. The van der Waals surface area contributed by atoms with Crippen LogP contribution in [0.3, 0.4) is 0 Å². The molecule has 74 heavy (non-hydrogen) atoms. The van der Waals surface area contributed by atoms with Gasteiger partial charge < -0.3 is 0 Å². The molecule has 0 saturated heterocycles. The first-order valence-electron chi connectivity index (χ1n) is 24.3. The SMILES string of the molecule is [B]B([B])B(B([B])[B])B(B([B])[B])B(B(B(B([B])[B])B([B])[B])B(B([B])[B])B([B])[B])B(B(B(B([B])[B])B([B])[B])B(B([B])[B])B([B])[B])B(B(B(B([B])[B])B([B])[B])B(B([B])[B])B([B])[B])B(B(B([B])[B])B([B])[B])B(B([B])[B])B([B])[B]. The van der Waals surface area contributed by atoms with Crippen LogP contribution in [-0.4, -0.2) is 524 Å². The Morgan fingerprint density at radius 2 is 0.122 bits per heavy atom. The van der Waals surface area contributed by atoms with Crippen LogP contribution in [0.5, 0.6) is 0 Å². The third kappa shape index (κ3) is 21.0. The highest BCUT2D eigenvalue weighted by molar-refractivity contribution is 8.40. The van der Waals surface area contributed by atoms with E-state index in [1.165, 1.54) is 0 Å². The molecule has 0 fully saturated rings. The minimum Gasteiger partial charge on any atom is 0 e. The van der Waals surface area contributed by atoms with E-state index < -0.39 is 230 Å². The first-order chi connectivity index (χ1) is 33.6. The van der Waals surface area contributed by atoms with E-state index in [2.05, 4.69) is 0 Å². The van der Waals surface area contributed by atoms with Gasteiger partial charge in [0.05, 0.1) is 0 Å². The van der Waals surface area contributed by atoms with Gasteiger partial charge in [-0.25, -0.2) is 0 Å². The summed E-state index contributed by atoms with van der Waals surface area (Å²) in [4.78, 5) is 0. The summed E-state index contributed by atoms with van der Waals surface area (Å²) in [6, 6.07) is 0. The van der Waals surface area contributed by atoms with Crippen LogP contribution in [0, 0.1) is 0 Å². The van der Waals surface area contributed by atoms with E-state index in [4.69, 9.17) is 294 Å². The highest BCUT2D eigenvalue weighted by Gasteiger charge is 2.65. The molecule has 0 spiro atoms. The highest BCUT2D eigenvalue weighted by atomic mass is 13.5. The zero-order valence-electron chi connectivity index (χ0n) is 42.7.